The van der Waals surface area contributed by atoms with E-state index in [2.05, 4.69) is 0 Å². The van der Waals surface area contributed by atoms with Crippen LogP contribution in [0.15, 0.2) is 18.2 Å². The van der Waals surface area contributed by atoms with Crippen molar-refractivity contribution in [3.05, 3.63) is 29.3 Å². The van der Waals surface area contributed by atoms with Gasteiger partial charge in [-0.3, -0.25) is 0 Å². The third-order valence-electron chi connectivity index (χ3n) is 2.00. The molecule has 0 bridgehead atoms. The minimum absolute atomic E-state index is 0. The van der Waals surface area contributed by atoms with Gasteiger partial charge in [0.25, 0.3) is 0 Å². The lowest BCUT2D eigenvalue weighted by Gasteiger charge is -2.12. The Kier molecular flexibility index (Phi) is 5.72. The predicted molar refractivity (Wildman–Crippen MR) is 58.7 cm³/mol. The van der Waals surface area contributed by atoms with Gasteiger partial charge in [0.2, 0.25) is 0 Å². The lowest BCUT2D eigenvalue weighted by atomic mass is 10.0. The minimum Gasteiger partial charge on any atom is -0.508 e. The molecule has 0 aliphatic carbocycles. The Balaban J connectivity index is 0.00000196. The first-order chi connectivity index (χ1) is 6.69. The lowest BCUT2D eigenvalue weighted by Crippen LogP contribution is -2.12. The van der Waals surface area contributed by atoms with Crippen LogP contribution in [-0.4, -0.2) is 16.8 Å². The number of nitrogens with two attached hydrogens (primary N) is 1. The fourth-order valence-electron chi connectivity index (χ4n) is 1.22. The first-order valence-corrected chi connectivity index (χ1v) is 4.28. The van der Waals surface area contributed by atoms with E-state index in [-0.39, 0.29) is 24.8 Å². The Bertz CT molecular complexity index is 363. The van der Waals surface area contributed by atoms with Crippen LogP contribution < -0.4 is 5.73 Å². The lowest BCUT2D eigenvalue weighted by molar-refractivity contribution is 0.275. The minimum atomic E-state index is -0.437. The third kappa shape index (κ3) is 3.40. The molecule has 1 rings (SSSR count). The molecule has 0 unspecified atom stereocenters. The second-order valence-electron chi connectivity index (χ2n) is 3.00. The van der Waals surface area contributed by atoms with Gasteiger partial charge in [-0.25, -0.2) is 0 Å². The molecule has 0 aliphatic heterocycles. The highest BCUT2D eigenvalue weighted by Crippen LogP contribution is 2.25. The second-order valence-corrected chi connectivity index (χ2v) is 3.00. The molecule has 1 aromatic rings. The van der Waals surface area contributed by atoms with Crippen LogP contribution in [0.5, 0.6) is 5.75 Å². The molecule has 0 heterocycles. The SMILES string of the molecule is Cl.N#Cc1ccc(O)c([C@@H](N)CCO)c1. The van der Waals surface area contributed by atoms with Crippen molar-refractivity contribution in [1.29, 1.82) is 5.26 Å². The summed E-state index contributed by atoms with van der Waals surface area (Å²) in [6.45, 7) is -0.0443. The number of phenolic OH excluding ortho intramolecular Hbond substituents is 1. The van der Waals surface area contributed by atoms with E-state index in [1.54, 1.807) is 0 Å². The second kappa shape index (κ2) is 6.25. The number of aliphatic hydroxyl groups excluding tert-OH is 1. The maximum Gasteiger partial charge on any atom is 0.120 e. The summed E-state index contributed by atoms with van der Waals surface area (Å²) in [6.07, 6.45) is 0.364. The first-order valence-electron chi connectivity index (χ1n) is 4.28. The fraction of sp³-hybridized carbons (Fsp3) is 0.300. The molecule has 0 radical (unpaired) electrons. The van der Waals surface area contributed by atoms with E-state index in [1.807, 2.05) is 6.07 Å². The molecular formula is C10H13ClN2O2. The molecule has 0 spiro atoms. The number of halogens is 1. The van der Waals surface area contributed by atoms with Crippen LogP contribution in [0.3, 0.4) is 0 Å². The van der Waals surface area contributed by atoms with Gasteiger partial charge < -0.3 is 15.9 Å². The summed E-state index contributed by atoms with van der Waals surface area (Å²) in [5.74, 6) is 0.0601. The average Bonchev–Trinajstić information content (AvgIpc) is 2.19. The molecule has 0 saturated carbocycles. The van der Waals surface area contributed by atoms with Crippen molar-refractivity contribution in [2.45, 2.75) is 12.5 Å². The van der Waals surface area contributed by atoms with E-state index in [9.17, 15) is 5.11 Å². The van der Waals surface area contributed by atoms with Crippen LogP contribution >= 0.6 is 12.4 Å². The van der Waals surface area contributed by atoms with Gasteiger partial charge in [0.1, 0.15) is 5.75 Å². The summed E-state index contributed by atoms with van der Waals surface area (Å²) in [4.78, 5) is 0. The highest BCUT2D eigenvalue weighted by Gasteiger charge is 2.10. The molecule has 15 heavy (non-hydrogen) atoms. The van der Waals surface area contributed by atoms with Crippen molar-refractivity contribution in [2.75, 3.05) is 6.61 Å². The molecule has 0 aliphatic rings. The number of hydrogen-bond donors (Lipinski definition) is 3. The fourth-order valence-corrected chi connectivity index (χ4v) is 1.22. The highest BCUT2D eigenvalue weighted by atomic mass is 35.5. The molecule has 0 fully saturated rings. The maximum atomic E-state index is 9.46. The van der Waals surface area contributed by atoms with Crippen molar-refractivity contribution in [3.8, 4) is 11.8 Å². The number of nitriles is 1. The maximum absolute atomic E-state index is 9.46. The number of aromatic hydroxyl groups is 1. The molecule has 1 atom stereocenters. The smallest absolute Gasteiger partial charge is 0.120 e. The van der Waals surface area contributed by atoms with Gasteiger partial charge in [0.15, 0.2) is 0 Å². The van der Waals surface area contributed by atoms with Crippen LogP contribution in [-0.2, 0) is 0 Å². The average molecular weight is 229 g/mol. The molecule has 4 N–H and O–H groups in total. The molecular weight excluding hydrogens is 216 g/mol. The van der Waals surface area contributed by atoms with Gasteiger partial charge in [-0.1, -0.05) is 0 Å². The molecule has 0 aromatic heterocycles. The van der Waals surface area contributed by atoms with Gasteiger partial charge in [-0.05, 0) is 24.6 Å². The number of rotatable bonds is 3. The Hall–Kier alpha value is -1.28. The zero-order valence-electron chi connectivity index (χ0n) is 8.05. The van der Waals surface area contributed by atoms with Gasteiger partial charge in [-0.2, -0.15) is 5.26 Å². The normalized spacial score (nSPS) is 11.3. The van der Waals surface area contributed by atoms with E-state index < -0.39 is 6.04 Å². The summed E-state index contributed by atoms with van der Waals surface area (Å²) in [5, 5.41) is 26.8. The number of hydrogen-bond acceptors (Lipinski definition) is 4. The summed E-state index contributed by atoms with van der Waals surface area (Å²) in [5.41, 5.74) is 6.65. The third-order valence-corrected chi connectivity index (χ3v) is 2.00. The Labute approximate surface area is 94.4 Å². The van der Waals surface area contributed by atoms with Crippen molar-refractivity contribution in [3.63, 3.8) is 0 Å². The summed E-state index contributed by atoms with van der Waals surface area (Å²) >= 11 is 0. The largest absolute Gasteiger partial charge is 0.508 e. The predicted octanol–water partition coefficient (Wildman–Crippen LogP) is 1.07. The van der Waals surface area contributed by atoms with Crippen molar-refractivity contribution in [1.82, 2.24) is 0 Å². The van der Waals surface area contributed by atoms with Crippen LogP contribution in [0, 0.1) is 11.3 Å². The van der Waals surface area contributed by atoms with Gasteiger partial charge >= 0.3 is 0 Å². The van der Waals surface area contributed by atoms with E-state index in [1.165, 1.54) is 18.2 Å². The van der Waals surface area contributed by atoms with Crippen LogP contribution in [0.2, 0.25) is 0 Å². The standard InChI is InChI=1S/C10H12N2O2.ClH/c11-6-7-1-2-10(14)8(5-7)9(12)3-4-13;/h1-2,5,9,13-14H,3-4,12H2;1H/t9-;/m0./s1. The zero-order chi connectivity index (χ0) is 10.6. The van der Waals surface area contributed by atoms with Gasteiger partial charge in [-0.15, -0.1) is 12.4 Å². The molecule has 1 aromatic carbocycles. The van der Waals surface area contributed by atoms with Gasteiger partial charge in [0.05, 0.1) is 11.6 Å². The number of aliphatic hydroxyl groups is 1. The Morgan fingerprint density at radius 2 is 2.13 bits per heavy atom. The Morgan fingerprint density at radius 3 is 2.67 bits per heavy atom. The van der Waals surface area contributed by atoms with Crippen molar-refractivity contribution < 1.29 is 10.2 Å². The molecule has 4 nitrogen and oxygen atoms in total. The Morgan fingerprint density at radius 1 is 1.47 bits per heavy atom. The summed E-state index contributed by atoms with van der Waals surface area (Å²) < 4.78 is 0. The molecule has 5 heteroatoms. The molecule has 82 valence electrons. The van der Waals surface area contributed by atoms with Crippen molar-refractivity contribution in [2.24, 2.45) is 5.73 Å². The van der Waals surface area contributed by atoms with E-state index in [4.69, 9.17) is 16.1 Å². The summed E-state index contributed by atoms with van der Waals surface area (Å²) in [6, 6.07) is 6.02. The molecule has 0 saturated heterocycles. The van der Waals surface area contributed by atoms with Crippen LogP contribution in [0.1, 0.15) is 23.6 Å². The van der Waals surface area contributed by atoms with Gasteiger partial charge in [0, 0.05) is 18.2 Å². The van der Waals surface area contributed by atoms with Crippen LogP contribution in [0.25, 0.3) is 0 Å². The van der Waals surface area contributed by atoms with E-state index in [0.717, 1.165) is 0 Å². The monoisotopic (exact) mass is 228 g/mol. The topological polar surface area (TPSA) is 90.3 Å². The first kappa shape index (κ1) is 13.7. The number of nitrogens with zero attached hydrogens (tertiary/aromatic N) is 1. The number of phenols is 1. The summed E-state index contributed by atoms with van der Waals surface area (Å²) in [7, 11) is 0. The molecule has 0 amide bonds. The number of benzene rings is 1. The highest BCUT2D eigenvalue weighted by molar-refractivity contribution is 5.85. The van der Waals surface area contributed by atoms with E-state index >= 15 is 0 Å². The quantitative estimate of drug-likeness (QED) is 0.722. The zero-order valence-corrected chi connectivity index (χ0v) is 8.87. The van der Waals surface area contributed by atoms with Crippen molar-refractivity contribution >= 4 is 12.4 Å². The van der Waals surface area contributed by atoms with E-state index in [0.29, 0.717) is 17.5 Å². The van der Waals surface area contributed by atoms with Crippen LogP contribution in [0.4, 0.5) is 0 Å².